The fourth-order valence-corrected chi connectivity index (χ4v) is 2.98. The average Bonchev–Trinajstić information content (AvgIpc) is 3.16. The Morgan fingerprint density at radius 1 is 1.12 bits per heavy atom. The van der Waals surface area contributed by atoms with E-state index in [1.165, 1.54) is 0 Å². The van der Waals surface area contributed by atoms with Crippen molar-refractivity contribution >= 4 is 21.8 Å². The second-order valence-electron chi connectivity index (χ2n) is 6.25. The van der Waals surface area contributed by atoms with Crippen LogP contribution in [0.1, 0.15) is 34.9 Å². The van der Waals surface area contributed by atoms with E-state index in [4.69, 9.17) is 13.6 Å². The maximum atomic E-state index is 12.8. The van der Waals surface area contributed by atoms with Gasteiger partial charge < -0.3 is 18.5 Å². The van der Waals surface area contributed by atoms with Crippen molar-refractivity contribution < 1.29 is 18.4 Å². The number of rotatable bonds is 7. The minimum atomic E-state index is -0.112. The van der Waals surface area contributed by atoms with Crippen LogP contribution in [0.4, 0.5) is 0 Å². The Morgan fingerprint density at radius 2 is 1.92 bits per heavy atom. The molecule has 134 valence electrons. The number of nitrogens with zero attached hydrogens (tertiary/aromatic N) is 1. The molecule has 0 bridgehead atoms. The van der Waals surface area contributed by atoms with Gasteiger partial charge in [0.25, 0.3) is 5.91 Å². The lowest BCUT2D eigenvalue weighted by molar-refractivity contribution is 0.0681. The molecule has 0 spiro atoms. The Morgan fingerprint density at radius 3 is 2.62 bits per heavy atom. The molecule has 0 N–H and O–H groups in total. The van der Waals surface area contributed by atoms with Crippen LogP contribution in [0, 0.1) is 0 Å². The summed E-state index contributed by atoms with van der Waals surface area (Å²) < 4.78 is 17.8. The summed E-state index contributed by atoms with van der Waals surface area (Å²) >= 11 is 3.39. The van der Waals surface area contributed by atoms with Crippen LogP contribution < -0.4 is 4.74 Å². The van der Waals surface area contributed by atoms with E-state index in [-0.39, 0.29) is 18.6 Å². The maximum absolute atomic E-state index is 12.8. The predicted molar refractivity (Wildman–Crippen MR) is 98.8 cm³/mol. The summed E-state index contributed by atoms with van der Waals surface area (Å²) in [6.45, 7) is 0.735. The molecule has 0 saturated heterocycles. The Kier molecular flexibility index (Phi) is 4.84. The first-order valence-electron chi connectivity index (χ1n) is 8.49. The number of hydrogen-bond acceptors (Lipinski definition) is 4. The number of amides is 1. The molecule has 2 heterocycles. The minimum Gasteiger partial charge on any atom is -0.486 e. The van der Waals surface area contributed by atoms with Gasteiger partial charge in [-0.25, -0.2) is 0 Å². The van der Waals surface area contributed by atoms with Crippen LogP contribution in [0.3, 0.4) is 0 Å². The number of furan rings is 2. The van der Waals surface area contributed by atoms with Crippen molar-refractivity contribution in [1.29, 1.82) is 0 Å². The van der Waals surface area contributed by atoms with Crippen molar-refractivity contribution in [3.63, 3.8) is 0 Å². The fraction of sp³-hybridized carbons (Fsp3) is 0.250. The van der Waals surface area contributed by atoms with Gasteiger partial charge in [0.1, 0.15) is 23.9 Å². The van der Waals surface area contributed by atoms with E-state index in [0.29, 0.717) is 18.1 Å². The number of benzene rings is 1. The molecule has 1 saturated carbocycles. The Hall–Kier alpha value is -2.47. The van der Waals surface area contributed by atoms with Gasteiger partial charge in [-0.15, -0.1) is 0 Å². The fourth-order valence-electron chi connectivity index (χ4n) is 2.72. The smallest absolute Gasteiger partial charge is 0.290 e. The zero-order valence-corrected chi connectivity index (χ0v) is 15.6. The van der Waals surface area contributed by atoms with Crippen LogP contribution in [-0.4, -0.2) is 16.8 Å². The zero-order valence-electron chi connectivity index (χ0n) is 14.1. The van der Waals surface area contributed by atoms with Crippen LogP contribution in [-0.2, 0) is 13.2 Å². The molecule has 1 aromatic carbocycles. The second kappa shape index (κ2) is 7.41. The van der Waals surface area contributed by atoms with Crippen molar-refractivity contribution in [2.75, 3.05) is 0 Å². The molecule has 1 aliphatic carbocycles. The lowest BCUT2D eigenvalue weighted by Gasteiger charge is -2.19. The molecule has 4 rings (SSSR count). The summed E-state index contributed by atoms with van der Waals surface area (Å²) in [5.41, 5.74) is 0. The van der Waals surface area contributed by atoms with Gasteiger partial charge in [-0.3, -0.25) is 4.79 Å². The summed E-state index contributed by atoms with van der Waals surface area (Å²) in [6.07, 6.45) is 3.66. The van der Waals surface area contributed by atoms with E-state index >= 15 is 0 Å². The molecule has 1 aliphatic rings. The summed E-state index contributed by atoms with van der Waals surface area (Å²) in [4.78, 5) is 14.6. The molecule has 0 radical (unpaired) electrons. The van der Waals surface area contributed by atoms with E-state index in [0.717, 1.165) is 28.8 Å². The summed E-state index contributed by atoms with van der Waals surface area (Å²) in [7, 11) is 0. The standard InChI is InChI=1S/C20H18BrNO4/c21-14-3-7-16(8-4-14)25-13-18-9-10-19(26-18)20(23)22(15-5-6-15)12-17-2-1-11-24-17/h1-4,7-11,15H,5-6,12-13H2. The predicted octanol–water partition coefficient (Wildman–Crippen LogP) is 5.02. The quantitative estimate of drug-likeness (QED) is 0.543. The number of carbonyl (C=O) groups excluding carboxylic acids is 1. The molecule has 3 aromatic rings. The molecule has 0 aliphatic heterocycles. The average molecular weight is 416 g/mol. The third kappa shape index (κ3) is 4.02. The van der Waals surface area contributed by atoms with Crippen molar-refractivity contribution in [3.8, 4) is 5.75 Å². The van der Waals surface area contributed by atoms with Gasteiger partial charge >= 0.3 is 0 Å². The molecule has 26 heavy (non-hydrogen) atoms. The lowest BCUT2D eigenvalue weighted by Crippen LogP contribution is -2.32. The van der Waals surface area contributed by atoms with Crippen molar-refractivity contribution in [2.45, 2.75) is 32.0 Å². The van der Waals surface area contributed by atoms with Gasteiger partial charge in [-0.2, -0.15) is 0 Å². The highest BCUT2D eigenvalue weighted by molar-refractivity contribution is 9.10. The largest absolute Gasteiger partial charge is 0.486 e. The highest BCUT2D eigenvalue weighted by atomic mass is 79.9. The number of carbonyl (C=O) groups is 1. The third-order valence-corrected chi connectivity index (χ3v) is 4.75. The Bertz CT molecular complexity index is 866. The summed E-state index contributed by atoms with van der Waals surface area (Å²) in [6, 6.07) is 15.0. The zero-order chi connectivity index (χ0) is 17.9. The third-order valence-electron chi connectivity index (χ3n) is 4.22. The number of halogens is 1. The minimum absolute atomic E-state index is 0.112. The van der Waals surface area contributed by atoms with Gasteiger partial charge in [0.15, 0.2) is 5.76 Å². The molecule has 2 aromatic heterocycles. The van der Waals surface area contributed by atoms with Gasteiger partial charge in [-0.05, 0) is 61.4 Å². The van der Waals surface area contributed by atoms with Crippen LogP contribution in [0.25, 0.3) is 0 Å². The first kappa shape index (κ1) is 17.0. The lowest BCUT2D eigenvalue weighted by atomic mass is 10.3. The van der Waals surface area contributed by atoms with Crippen molar-refractivity contribution in [3.05, 3.63) is 76.5 Å². The highest BCUT2D eigenvalue weighted by Crippen LogP contribution is 2.30. The summed E-state index contributed by atoms with van der Waals surface area (Å²) in [5, 5.41) is 0. The number of hydrogen-bond donors (Lipinski definition) is 0. The second-order valence-corrected chi connectivity index (χ2v) is 7.17. The van der Waals surface area contributed by atoms with Gasteiger partial charge in [0, 0.05) is 10.5 Å². The normalized spacial score (nSPS) is 13.6. The first-order valence-corrected chi connectivity index (χ1v) is 9.29. The van der Waals surface area contributed by atoms with E-state index in [2.05, 4.69) is 15.9 Å². The van der Waals surface area contributed by atoms with Gasteiger partial charge in [0.2, 0.25) is 0 Å². The van der Waals surface area contributed by atoms with Gasteiger partial charge in [0.05, 0.1) is 12.8 Å². The van der Waals surface area contributed by atoms with Crippen LogP contribution in [0.2, 0.25) is 0 Å². The Balaban J connectivity index is 1.40. The molecule has 1 fully saturated rings. The van der Waals surface area contributed by atoms with Crippen LogP contribution in [0.15, 0.2) is 68.1 Å². The topological polar surface area (TPSA) is 55.8 Å². The molecule has 0 unspecified atom stereocenters. The van der Waals surface area contributed by atoms with Crippen molar-refractivity contribution in [1.82, 2.24) is 4.90 Å². The summed E-state index contributed by atoms with van der Waals surface area (Å²) in [5.74, 6) is 2.35. The van der Waals surface area contributed by atoms with E-state index in [1.54, 1.807) is 18.4 Å². The SMILES string of the molecule is O=C(c1ccc(COc2ccc(Br)cc2)o1)N(Cc1ccco1)C1CC1. The van der Waals surface area contributed by atoms with Gasteiger partial charge in [-0.1, -0.05) is 15.9 Å². The van der Waals surface area contributed by atoms with E-state index in [9.17, 15) is 4.79 Å². The first-order chi connectivity index (χ1) is 12.7. The molecule has 1 amide bonds. The molecular formula is C20H18BrNO4. The number of ether oxygens (including phenoxy) is 1. The van der Waals surface area contributed by atoms with E-state index in [1.807, 2.05) is 41.3 Å². The van der Waals surface area contributed by atoms with Crippen LogP contribution >= 0.6 is 15.9 Å². The highest BCUT2D eigenvalue weighted by Gasteiger charge is 2.34. The van der Waals surface area contributed by atoms with Crippen LogP contribution in [0.5, 0.6) is 5.75 Å². The Labute approximate surface area is 159 Å². The molecule has 0 atom stereocenters. The molecule has 6 heteroatoms. The molecule has 5 nitrogen and oxygen atoms in total. The van der Waals surface area contributed by atoms with E-state index < -0.39 is 0 Å². The molecular weight excluding hydrogens is 398 g/mol. The van der Waals surface area contributed by atoms with Crippen molar-refractivity contribution in [2.24, 2.45) is 0 Å². The maximum Gasteiger partial charge on any atom is 0.290 e. The monoisotopic (exact) mass is 415 g/mol.